The maximum absolute atomic E-state index is 13.6. The molecule has 17 heavy (non-hydrogen) atoms. The van der Waals surface area contributed by atoms with Gasteiger partial charge in [0.25, 0.3) is 0 Å². The van der Waals surface area contributed by atoms with Crippen LogP contribution >= 0.6 is 27.7 Å². The number of halogens is 2. The van der Waals surface area contributed by atoms with Crippen LogP contribution in [0.2, 0.25) is 0 Å². The third kappa shape index (κ3) is 3.58. The lowest BCUT2D eigenvalue weighted by Crippen LogP contribution is -1.87. The summed E-state index contributed by atoms with van der Waals surface area (Å²) in [7, 11) is 0. The van der Waals surface area contributed by atoms with Gasteiger partial charge in [0, 0.05) is 15.1 Å². The molecule has 3 heteroatoms. The van der Waals surface area contributed by atoms with Crippen LogP contribution in [0, 0.1) is 12.7 Å². The third-order valence-electron chi connectivity index (χ3n) is 2.40. The summed E-state index contributed by atoms with van der Waals surface area (Å²) in [4.78, 5) is 1.17. The fraction of sp³-hybridized carbons (Fsp3) is 0.143. The fourth-order valence-electron chi connectivity index (χ4n) is 1.50. The van der Waals surface area contributed by atoms with E-state index in [0.717, 1.165) is 10.0 Å². The predicted octanol–water partition coefficient (Wildman–Crippen LogP) is 5.19. The van der Waals surface area contributed by atoms with E-state index < -0.39 is 0 Å². The van der Waals surface area contributed by atoms with E-state index in [2.05, 4.69) is 41.1 Å². The zero-order valence-corrected chi connectivity index (χ0v) is 11.8. The summed E-state index contributed by atoms with van der Waals surface area (Å²) in [6.45, 7) is 2.06. The van der Waals surface area contributed by atoms with Crippen LogP contribution in [0.1, 0.15) is 11.1 Å². The van der Waals surface area contributed by atoms with Crippen molar-refractivity contribution in [3.05, 3.63) is 63.9 Å². The molecular weight excluding hydrogens is 299 g/mol. The summed E-state index contributed by atoms with van der Waals surface area (Å²) in [5.41, 5.74) is 1.96. The maximum Gasteiger partial charge on any atom is 0.128 e. The van der Waals surface area contributed by atoms with Gasteiger partial charge in [0.1, 0.15) is 5.82 Å². The molecule has 0 saturated heterocycles. The first-order valence-electron chi connectivity index (χ1n) is 5.28. The van der Waals surface area contributed by atoms with Gasteiger partial charge in [0.15, 0.2) is 0 Å². The third-order valence-corrected chi connectivity index (χ3v) is 3.93. The van der Waals surface area contributed by atoms with Crippen molar-refractivity contribution in [2.45, 2.75) is 17.6 Å². The predicted molar refractivity (Wildman–Crippen MR) is 74.8 cm³/mol. The number of hydrogen-bond acceptors (Lipinski definition) is 1. The van der Waals surface area contributed by atoms with Crippen LogP contribution in [0.5, 0.6) is 0 Å². The van der Waals surface area contributed by atoms with Gasteiger partial charge in [-0.2, -0.15) is 0 Å². The summed E-state index contributed by atoms with van der Waals surface area (Å²) in [5.74, 6) is 0.502. The number of aryl methyl sites for hydroxylation is 1. The molecule has 0 saturated carbocycles. The Morgan fingerprint density at radius 2 is 2.00 bits per heavy atom. The molecule has 0 aliphatic rings. The van der Waals surface area contributed by atoms with Crippen molar-refractivity contribution in [3.8, 4) is 0 Å². The van der Waals surface area contributed by atoms with Gasteiger partial charge in [-0.15, -0.1) is 11.8 Å². The number of hydrogen-bond donors (Lipinski definition) is 0. The first-order chi connectivity index (χ1) is 8.15. The molecule has 2 aromatic carbocycles. The zero-order chi connectivity index (χ0) is 12.3. The summed E-state index contributed by atoms with van der Waals surface area (Å²) < 4.78 is 14.4. The fourth-order valence-corrected chi connectivity index (χ4v) is 2.84. The first kappa shape index (κ1) is 12.7. The molecular formula is C14H12BrFS. The van der Waals surface area contributed by atoms with E-state index in [1.807, 2.05) is 18.2 Å². The second-order valence-electron chi connectivity index (χ2n) is 3.84. The minimum Gasteiger partial charge on any atom is -0.207 e. The van der Waals surface area contributed by atoms with Crippen LogP contribution < -0.4 is 0 Å². The minimum absolute atomic E-state index is 0.153. The highest BCUT2D eigenvalue weighted by molar-refractivity contribution is 9.10. The van der Waals surface area contributed by atoms with Crippen molar-refractivity contribution in [2.24, 2.45) is 0 Å². The van der Waals surface area contributed by atoms with Gasteiger partial charge < -0.3 is 0 Å². The Morgan fingerprint density at radius 1 is 1.18 bits per heavy atom. The number of benzene rings is 2. The second kappa shape index (κ2) is 5.69. The molecule has 88 valence electrons. The minimum atomic E-state index is -0.153. The van der Waals surface area contributed by atoms with E-state index in [0.29, 0.717) is 5.75 Å². The molecule has 0 aliphatic carbocycles. The molecule has 0 fully saturated rings. The largest absolute Gasteiger partial charge is 0.207 e. The molecule has 0 aromatic heterocycles. The molecule has 0 unspecified atom stereocenters. The second-order valence-corrected chi connectivity index (χ2v) is 5.81. The monoisotopic (exact) mass is 310 g/mol. The maximum atomic E-state index is 13.6. The lowest BCUT2D eigenvalue weighted by molar-refractivity contribution is 0.616. The molecule has 0 atom stereocenters. The Morgan fingerprint density at radius 3 is 2.71 bits per heavy atom. The van der Waals surface area contributed by atoms with Crippen LogP contribution in [-0.4, -0.2) is 0 Å². The summed E-state index contributed by atoms with van der Waals surface area (Å²) in [5, 5.41) is 0. The quantitative estimate of drug-likeness (QED) is 0.703. The van der Waals surface area contributed by atoms with Crippen LogP contribution in [0.4, 0.5) is 4.39 Å². The van der Waals surface area contributed by atoms with Crippen LogP contribution in [0.15, 0.2) is 51.8 Å². The van der Waals surface area contributed by atoms with Gasteiger partial charge in [-0.25, -0.2) is 4.39 Å². The highest BCUT2D eigenvalue weighted by atomic mass is 79.9. The van der Waals surface area contributed by atoms with Crippen molar-refractivity contribution in [1.82, 2.24) is 0 Å². The summed E-state index contributed by atoms with van der Waals surface area (Å²) in [6.07, 6.45) is 0. The molecule has 0 aliphatic heterocycles. The van der Waals surface area contributed by atoms with E-state index in [1.54, 1.807) is 11.8 Å². The highest BCUT2D eigenvalue weighted by Crippen LogP contribution is 2.25. The number of rotatable bonds is 3. The van der Waals surface area contributed by atoms with Gasteiger partial charge in [-0.3, -0.25) is 0 Å². The average Bonchev–Trinajstić information content (AvgIpc) is 2.28. The molecule has 2 aromatic rings. The van der Waals surface area contributed by atoms with E-state index in [1.165, 1.54) is 16.5 Å². The Labute approximate surface area is 113 Å². The molecule has 0 spiro atoms. The first-order valence-corrected chi connectivity index (χ1v) is 7.06. The molecule has 2 rings (SSSR count). The van der Waals surface area contributed by atoms with Crippen molar-refractivity contribution in [3.63, 3.8) is 0 Å². The topological polar surface area (TPSA) is 0 Å². The Kier molecular flexibility index (Phi) is 4.24. The molecule has 0 radical (unpaired) electrons. The van der Waals surface area contributed by atoms with E-state index in [9.17, 15) is 4.39 Å². The van der Waals surface area contributed by atoms with Crippen LogP contribution in [0.25, 0.3) is 0 Å². The molecule has 0 amide bonds. The molecule has 0 N–H and O–H groups in total. The zero-order valence-electron chi connectivity index (χ0n) is 9.41. The lowest BCUT2D eigenvalue weighted by atomic mass is 10.2. The summed E-state index contributed by atoms with van der Waals surface area (Å²) in [6, 6.07) is 13.4. The highest BCUT2D eigenvalue weighted by Gasteiger charge is 2.03. The van der Waals surface area contributed by atoms with Crippen LogP contribution in [0.3, 0.4) is 0 Å². The summed E-state index contributed by atoms with van der Waals surface area (Å²) >= 11 is 4.91. The van der Waals surface area contributed by atoms with E-state index >= 15 is 0 Å². The lowest BCUT2D eigenvalue weighted by Gasteiger charge is -2.04. The van der Waals surface area contributed by atoms with E-state index in [4.69, 9.17) is 0 Å². The van der Waals surface area contributed by atoms with Crippen molar-refractivity contribution >= 4 is 27.7 Å². The van der Waals surface area contributed by atoms with E-state index in [-0.39, 0.29) is 5.82 Å². The smallest absolute Gasteiger partial charge is 0.128 e. The Balaban J connectivity index is 2.07. The van der Waals surface area contributed by atoms with Crippen molar-refractivity contribution in [2.75, 3.05) is 0 Å². The molecule has 0 heterocycles. The average molecular weight is 311 g/mol. The standard InChI is InChI=1S/C14H12BrFS/c1-10-3-2-4-13(7-10)17-9-11-5-6-12(15)8-14(11)16/h2-8H,9H2,1H3. The van der Waals surface area contributed by atoms with Crippen LogP contribution in [-0.2, 0) is 5.75 Å². The molecule has 0 nitrogen and oxygen atoms in total. The Hall–Kier alpha value is -0.800. The van der Waals surface area contributed by atoms with Gasteiger partial charge in [-0.1, -0.05) is 39.7 Å². The SMILES string of the molecule is Cc1cccc(SCc2ccc(Br)cc2F)c1. The number of thioether (sulfide) groups is 1. The van der Waals surface area contributed by atoms with Gasteiger partial charge >= 0.3 is 0 Å². The van der Waals surface area contributed by atoms with Crippen molar-refractivity contribution < 1.29 is 4.39 Å². The van der Waals surface area contributed by atoms with Gasteiger partial charge in [-0.05, 0) is 36.8 Å². The molecule has 0 bridgehead atoms. The normalized spacial score (nSPS) is 10.5. The van der Waals surface area contributed by atoms with Crippen molar-refractivity contribution in [1.29, 1.82) is 0 Å². The van der Waals surface area contributed by atoms with Gasteiger partial charge in [0.2, 0.25) is 0 Å². The van der Waals surface area contributed by atoms with Gasteiger partial charge in [0.05, 0.1) is 0 Å². The Bertz CT molecular complexity index is 525.